The monoisotopic (exact) mass is 386 g/mol. The van der Waals surface area contributed by atoms with Crippen LogP contribution in [0.4, 0.5) is 4.39 Å². The van der Waals surface area contributed by atoms with E-state index in [-0.39, 0.29) is 6.61 Å². The fourth-order valence-electron chi connectivity index (χ4n) is 2.21. The minimum Gasteiger partial charge on any atom is -0.475 e. The van der Waals surface area contributed by atoms with Crippen molar-refractivity contribution in [1.29, 1.82) is 0 Å². The number of ether oxygens (including phenoxy) is 1. The first kappa shape index (κ1) is 21.2. The number of nitrogens with zero attached hydrogens (tertiary/aromatic N) is 4. The number of halogens is 1. The van der Waals surface area contributed by atoms with Crippen molar-refractivity contribution in [2.45, 2.75) is 26.0 Å². The molecule has 0 aliphatic rings. The van der Waals surface area contributed by atoms with Crippen LogP contribution in [0.25, 0.3) is 0 Å². The van der Waals surface area contributed by atoms with Crippen LogP contribution in [0, 0.1) is 5.82 Å². The van der Waals surface area contributed by atoms with Crippen LogP contribution < -0.4 is 4.74 Å². The van der Waals surface area contributed by atoms with Crippen molar-refractivity contribution in [1.82, 2.24) is 15.0 Å². The molecule has 0 amide bonds. The number of carbonyl (C=O) groups is 1. The summed E-state index contributed by atoms with van der Waals surface area (Å²) >= 11 is 0. The number of hydrogen-bond donors (Lipinski definition) is 1. The molecule has 0 fully saturated rings. The smallest absolute Gasteiger partial charge is 0.213 e. The van der Waals surface area contributed by atoms with Gasteiger partial charge in [-0.2, -0.15) is 5.10 Å². The number of pyridine rings is 2. The van der Waals surface area contributed by atoms with E-state index in [0.29, 0.717) is 35.5 Å². The molecule has 0 spiro atoms. The molecule has 8 heteroatoms. The lowest BCUT2D eigenvalue weighted by Crippen LogP contribution is -2.28. The molecule has 28 heavy (non-hydrogen) atoms. The molecule has 148 valence electrons. The Bertz CT molecular complexity index is 845. The quantitative estimate of drug-likeness (QED) is 0.308. The highest BCUT2D eigenvalue weighted by Gasteiger charge is 2.14. The van der Waals surface area contributed by atoms with Crippen molar-refractivity contribution < 1.29 is 19.0 Å². The highest BCUT2D eigenvalue weighted by Crippen LogP contribution is 2.13. The zero-order valence-electron chi connectivity index (χ0n) is 16.0. The van der Waals surface area contributed by atoms with E-state index in [0.717, 1.165) is 6.20 Å². The van der Waals surface area contributed by atoms with Crippen molar-refractivity contribution in [3.05, 3.63) is 65.9 Å². The van der Waals surface area contributed by atoms with Crippen LogP contribution in [-0.4, -0.2) is 51.3 Å². The molecular weight excluding hydrogens is 363 g/mol. The van der Waals surface area contributed by atoms with Crippen LogP contribution in [-0.2, 0) is 11.3 Å². The minimum atomic E-state index is -0.964. The largest absolute Gasteiger partial charge is 0.475 e. The molecule has 0 saturated heterocycles. The third-order valence-corrected chi connectivity index (χ3v) is 3.39. The number of aromatic nitrogens is 2. The van der Waals surface area contributed by atoms with Crippen molar-refractivity contribution in [2.75, 3.05) is 13.7 Å². The number of allylic oxidation sites excluding steroid dienone is 2. The molecule has 7 nitrogen and oxygen atoms in total. The second-order valence-corrected chi connectivity index (χ2v) is 6.79. The number of rotatable bonds is 9. The van der Waals surface area contributed by atoms with Crippen LogP contribution in [0.1, 0.15) is 25.0 Å². The van der Waals surface area contributed by atoms with Gasteiger partial charge in [-0.25, -0.2) is 9.37 Å². The minimum absolute atomic E-state index is 0.107. The molecular formula is C20H23FN4O3. The van der Waals surface area contributed by atoms with Crippen molar-refractivity contribution >= 4 is 12.0 Å². The Kier molecular flexibility index (Phi) is 7.34. The van der Waals surface area contributed by atoms with E-state index in [4.69, 9.17) is 4.74 Å². The first-order chi connectivity index (χ1) is 13.3. The molecule has 0 radical (unpaired) electrons. The van der Waals surface area contributed by atoms with Gasteiger partial charge in [0.05, 0.1) is 24.1 Å². The summed E-state index contributed by atoms with van der Waals surface area (Å²) in [5.41, 5.74) is 0.866. The molecule has 2 aromatic heterocycles. The lowest BCUT2D eigenvalue weighted by molar-refractivity contribution is -0.104. The standard InChI is InChI=1S/C20H23FN4O3/c1-20(2,27)14-28-19-7-6-16(11-23-19)18(5-4-8-26)24-25(3)13-15-9-17(21)12-22-10-15/h4-12,27H,13-14H2,1-3H3/b5-4-,24-18+. The molecule has 2 rings (SSSR count). The lowest BCUT2D eigenvalue weighted by Gasteiger charge is -2.17. The second kappa shape index (κ2) is 9.70. The summed E-state index contributed by atoms with van der Waals surface area (Å²) in [5, 5.41) is 15.8. The Hall–Kier alpha value is -3.13. The molecule has 0 saturated carbocycles. The van der Waals surface area contributed by atoms with Gasteiger partial charge in [0.15, 0.2) is 0 Å². The maximum atomic E-state index is 13.3. The van der Waals surface area contributed by atoms with Crippen molar-refractivity contribution in [3.8, 4) is 5.88 Å². The van der Waals surface area contributed by atoms with Crippen molar-refractivity contribution in [2.24, 2.45) is 5.10 Å². The second-order valence-electron chi connectivity index (χ2n) is 6.79. The molecule has 1 N–H and O–H groups in total. The molecule has 2 aromatic rings. The van der Waals surface area contributed by atoms with Crippen LogP contribution in [0.15, 0.2) is 54.0 Å². The first-order valence-electron chi connectivity index (χ1n) is 8.59. The van der Waals surface area contributed by atoms with Gasteiger partial charge in [0.1, 0.15) is 18.7 Å². The number of carbonyl (C=O) groups excluding carboxylic acids is 1. The van der Waals surface area contributed by atoms with Gasteiger partial charge in [0.25, 0.3) is 0 Å². The summed E-state index contributed by atoms with van der Waals surface area (Å²) in [6.07, 6.45) is 7.80. The number of aldehydes is 1. The van der Waals surface area contributed by atoms with Crippen molar-refractivity contribution in [3.63, 3.8) is 0 Å². The normalized spacial score (nSPS) is 12.2. The third kappa shape index (κ3) is 7.24. The maximum Gasteiger partial charge on any atom is 0.213 e. The number of hydrazone groups is 1. The lowest BCUT2D eigenvalue weighted by atomic mass is 10.1. The number of hydrogen-bond acceptors (Lipinski definition) is 7. The summed E-state index contributed by atoms with van der Waals surface area (Å²) in [5.74, 6) is -0.0504. The van der Waals surface area contributed by atoms with Crippen LogP contribution in [0.3, 0.4) is 0 Å². The molecule has 0 atom stereocenters. The zero-order chi connectivity index (χ0) is 20.6. The molecule has 0 aliphatic carbocycles. The van der Waals surface area contributed by atoms with E-state index in [9.17, 15) is 14.3 Å². The van der Waals surface area contributed by atoms with Crippen LogP contribution in [0.5, 0.6) is 5.88 Å². The Labute approximate surface area is 163 Å². The molecule has 0 aliphatic heterocycles. The summed E-state index contributed by atoms with van der Waals surface area (Å²) in [7, 11) is 1.73. The highest BCUT2D eigenvalue weighted by atomic mass is 19.1. The van der Waals surface area contributed by atoms with Gasteiger partial charge in [-0.3, -0.25) is 14.8 Å². The highest BCUT2D eigenvalue weighted by molar-refractivity contribution is 6.09. The van der Waals surface area contributed by atoms with E-state index < -0.39 is 11.4 Å². The SMILES string of the molecule is CN(Cc1cncc(F)c1)/N=C(\C=C/C=O)c1ccc(OCC(C)(C)O)nc1. The van der Waals surface area contributed by atoms with Crippen LogP contribution >= 0.6 is 0 Å². The van der Waals surface area contributed by atoms with Gasteiger partial charge < -0.3 is 9.84 Å². The third-order valence-electron chi connectivity index (χ3n) is 3.39. The van der Waals surface area contributed by atoms with Gasteiger partial charge >= 0.3 is 0 Å². The Morgan fingerprint density at radius 1 is 1.36 bits per heavy atom. The Morgan fingerprint density at radius 3 is 2.75 bits per heavy atom. The summed E-state index contributed by atoms with van der Waals surface area (Å²) < 4.78 is 18.7. The predicted molar refractivity (Wildman–Crippen MR) is 103 cm³/mol. The summed E-state index contributed by atoms with van der Waals surface area (Å²) in [6, 6.07) is 4.79. The van der Waals surface area contributed by atoms with Crippen LogP contribution in [0.2, 0.25) is 0 Å². The molecule has 0 aromatic carbocycles. The van der Waals surface area contributed by atoms with E-state index in [1.54, 1.807) is 56.5 Å². The molecule has 0 unspecified atom stereocenters. The van der Waals surface area contributed by atoms with Gasteiger partial charge in [0, 0.05) is 31.1 Å². The van der Waals surface area contributed by atoms with Gasteiger partial charge in [-0.1, -0.05) is 0 Å². The predicted octanol–water partition coefficient (Wildman–Crippen LogP) is 2.36. The topological polar surface area (TPSA) is 87.9 Å². The Balaban J connectivity index is 2.16. The van der Waals surface area contributed by atoms with E-state index in [2.05, 4.69) is 15.1 Å². The van der Waals surface area contributed by atoms with Gasteiger partial charge in [-0.15, -0.1) is 0 Å². The average Bonchev–Trinajstić information content (AvgIpc) is 2.63. The Morgan fingerprint density at radius 2 is 2.14 bits per heavy atom. The summed E-state index contributed by atoms with van der Waals surface area (Å²) in [4.78, 5) is 18.7. The first-order valence-corrected chi connectivity index (χ1v) is 8.59. The van der Waals surface area contributed by atoms with E-state index in [1.807, 2.05) is 0 Å². The summed E-state index contributed by atoms with van der Waals surface area (Å²) in [6.45, 7) is 3.72. The molecule has 2 heterocycles. The van der Waals surface area contributed by atoms with E-state index in [1.165, 1.54) is 12.1 Å². The van der Waals surface area contributed by atoms with Gasteiger partial charge in [0.2, 0.25) is 5.88 Å². The number of aliphatic hydroxyl groups is 1. The average molecular weight is 386 g/mol. The fourth-order valence-corrected chi connectivity index (χ4v) is 2.21. The fraction of sp³-hybridized carbons (Fsp3) is 0.300. The molecule has 0 bridgehead atoms. The zero-order valence-corrected chi connectivity index (χ0v) is 16.0. The van der Waals surface area contributed by atoms with E-state index >= 15 is 0 Å². The van der Waals surface area contributed by atoms with Gasteiger partial charge in [-0.05, 0) is 43.7 Å². The maximum absolute atomic E-state index is 13.3.